The molecule has 0 radical (unpaired) electrons. The van der Waals surface area contributed by atoms with Crippen LogP contribution >= 0.6 is 0 Å². The van der Waals surface area contributed by atoms with Crippen molar-refractivity contribution in [2.24, 2.45) is 0 Å². The van der Waals surface area contributed by atoms with Crippen molar-refractivity contribution in [3.05, 3.63) is 78.9 Å². The van der Waals surface area contributed by atoms with Gasteiger partial charge < -0.3 is 22.1 Å². The van der Waals surface area contributed by atoms with E-state index in [4.69, 9.17) is 11.5 Å². The minimum Gasteiger partial charge on any atom is -0.399 e. The van der Waals surface area contributed by atoms with Crippen molar-refractivity contribution in [1.29, 1.82) is 0 Å². The normalized spacial score (nSPS) is 9.88. The number of hydrogen-bond acceptors (Lipinski definition) is 4. The van der Waals surface area contributed by atoms with Gasteiger partial charge in [0, 0.05) is 34.5 Å². The zero-order chi connectivity index (χ0) is 18.1. The summed E-state index contributed by atoms with van der Waals surface area (Å²) in [5, 5.41) is 6.72. The van der Waals surface area contributed by atoms with Crippen molar-refractivity contribution in [3.8, 4) is 0 Å². The number of para-hydroxylation sites is 1. The van der Waals surface area contributed by atoms with E-state index in [9.17, 15) is 0 Å². The highest BCUT2D eigenvalue weighted by Gasteiger charge is 1.96. The van der Waals surface area contributed by atoms with Gasteiger partial charge in [-0.25, -0.2) is 0 Å². The molecular weight excluding hydrogens is 308 g/mol. The molecular formula is C21H26N4. The Labute approximate surface area is 149 Å². The summed E-state index contributed by atoms with van der Waals surface area (Å²) in [6.07, 6.45) is 0. The average molecular weight is 334 g/mol. The molecule has 3 aromatic rings. The molecule has 0 aromatic heterocycles. The number of benzene rings is 3. The summed E-state index contributed by atoms with van der Waals surface area (Å²) in [4.78, 5) is 0. The molecule has 0 unspecified atom stereocenters. The highest BCUT2D eigenvalue weighted by Crippen LogP contribution is 2.18. The first-order valence-electron chi connectivity index (χ1n) is 8.32. The Morgan fingerprint density at radius 2 is 1.04 bits per heavy atom. The van der Waals surface area contributed by atoms with E-state index >= 15 is 0 Å². The molecule has 0 aliphatic carbocycles. The Morgan fingerprint density at radius 1 is 0.600 bits per heavy atom. The van der Waals surface area contributed by atoms with Gasteiger partial charge in [-0.15, -0.1) is 0 Å². The lowest BCUT2D eigenvalue weighted by atomic mass is 10.2. The molecule has 6 N–H and O–H groups in total. The predicted molar refractivity (Wildman–Crippen MR) is 110 cm³/mol. The first kappa shape index (κ1) is 18.2. The first-order chi connectivity index (χ1) is 12.0. The summed E-state index contributed by atoms with van der Waals surface area (Å²) in [6.45, 7) is 4.27. The Morgan fingerprint density at radius 3 is 1.52 bits per heavy atom. The Balaban J connectivity index is 0.000000236. The average Bonchev–Trinajstić information content (AvgIpc) is 2.60. The summed E-state index contributed by atoms with van der Waals surface area (Å²) in [7, 11) is 0. The van der Waals surface area contributed by atoms with Crippen LogP contribution in [0.2, 0.25) is 0 Å². The highest BCUT2D eigenvalue weighted by atomic mass is 14.9. The third kappa shape index (κ3) is 6.87. The van der Waals surface area contributed by atoms with E-state index in [0.29, 0.717) is 6.04 Å². The SMILES string of the molecule is CC(C)Nc1ccc(Nc2ccccc2)cc1.Nc1ccc(N)cc1. The van der Waals surface area contributed by atoms with Crippen LogP contribution in [0.1, 0.15) is 13.8 Å². The Kier molecular flexibility index (Phi) is 6.72. The third-order valence-electron chi connectivity index (χ3n) is 3.34. The van der Waals surface area contributed by atoms with Crippen molar-refractivity contribution in [2.75, 3.05) is 22.1 Å². The maximum absolute atomic E-state index is 5.37. The molecule has 4 nitrogen and oxygen atoms in total. The molecule has 0 saturated carbocycles. The van der Waals surface area contributed by atoms with Crippen molar-refractivity contribution >= 4 is 28.4 Å². The van der Waals surface area contributed by atoms with Crippen molar-refractivity contribution in [2.45, 2.75) is 19.9 Å². The van der Waals surface area contributed by atoms with Crippen LogP contribution in [0.4, 0.5) is 28.4 Å². The summed E-state index contributed by atoms with van der Waals surface area (Å²) >= 11 is 0. The number of rotatable bonds is 4. The third-order valence-corrected chi connectivity index (χ3v) is 3.34. The van der Waals surface area contributed by atoms with E-state index in [-0.39, 0.29) is 0 Å². The van der Waals surface area contributed by atoms with Crippen LogP contribution in [0.5, 0.6) is 0 Å². The largest absolute Gasteiger partial charge is 0.399 e. The fourth-order valence-electron chi connectivity index (χ4n) is 2.17. The minimum absolute atomic E-state index is 0.461. The molecule has 3 rings (SSSR count). The fraction of sp³-hybridized carbons (Fsp3) is 0.143. The van der Waals surface area contributed by atoms with Gasteiger partial charge >= 0.3 is 0 Å². The molecule has 0 saturated heterocycles. The Hall–Kier alpha value is -3.14. The van der Waals surface area contributed by atoms with E-state index in [1.54, 1.807) is 24.3 Å². The summed E-state index contributed by atoms with van der Waals surface area (Å²) in [6, 6.07) is 26.1. The molecule has 0 aliphatic rings. The van der Waals surface area contributed by atoms with Gasteiger partial charge in [0.2, 0.25) is 0 Å². The van der Waals surface area contributed by atoms with E-state index < -0.39 is 0 Å². The van der Waals surface area contributed by atoms with Gasteiger partial charge in [0.15, 0.2) is 0 Å². The topological polar surface area (TPSA) is 76.1 Å². The van der Waals surface area contributed by atoms with Gasteiger partial charge in [-0.2, -0.15) is 0 Å². The molecule has 0 amide bonds. The van der Waals surface area contributed by atoms with Gasteiger partial charge in [0.05, 0.1) is 0 Å². The Bertz CT molecular complexity index is 714. The molecule has 0 aliphatic heterocycles. The summed E-state index contributed by atoms with van der Waals surface area (Å²) in [5.41, 5.74) is 15.6. The fourth-order valence-corrected chi connectivity index (χ4v) is 2.17. The second-order valence-corrected chi connectivity index (χ2v) is 6.03. The lowest BCUT2D eigenvalue weighted by Crippen LogP contribution is -2.09. The maximum Gasteiger partial charge on any atom is 0.0385 e. The zero-order valence-corrected chi connectivity index (χ0v) is 14.7. The van der Waals surface area contributed by atoms with Gasteiger partial charge in [-0.05, 0) is 74.5 Å². The van der Waals surface area contributed by atoms with Crippen molar-refractivity contribution < 1.29 is 0 Å². The number of anilines is 5. The van der Waals surface area contributed by atoms with Crippen molar-refractivity contribution in [3.63, 3.8) is 0 Å². The van der Waals surface area contributed by atoms with E-state index in [1.807, 2.05) is 18.2 Å². The monoisotopic (exact) mass is 334 g/mol. The molecule has 3 aromatic carbocycles. The standard InChI is InChI=1S/C15H18N2.C6H8N2/c1-12(2)16-14-8-10-15(11-9-14)17-13-6-4-3-5-7-13;7-5-1-2-6(8)4-3-5/h3-12,16-17H,1-2H3;1-4H,7-8H2. The molecule has 130 valence electrons. The minimum atomic E-state index is 0.461. The van der Waals surface area contributed by atoms with Crippen LogP contribution in [0.25, 0.3) is 0 Å². The number of hydrogen-bond donors (Lipinski definition) is 4. The molecule has 0 spiro atoms. The van der Waals surface area contributed by atoms with Crippen LogP contribution in [0.3, 0.4) is 0 Å². The van der Waals surface area contributed by atoms with Gasteiger partial charge in [-0.3, -0.25) is 0 Å². The lowest BCUT2D eigenvalue weighted by molar-refractivity contribution is 0.900. The molecule has 4 heteroatoms. The van der Waals surface area contributed by atoms with Gasteiger partial charge in [-0.1, -0.05) is 18.2 Å². The number of nitrogens with one attached hydrogen (secondary N) is 2. The lowest BCUT2D eigenvalue weighted by Gasteiger charge is -2.11. The van der Waals surface area contributed by atoms with Gasteiger partial charge in [0.1, 0.15) is 0 Å². The summed E-state index contributed by atoms with van der Waals surface area (Å²) < 4.78 is 0. The van der Waals surface area contributed by atoms with Crippen LogP contribution in [-0.4, -0.2) is 6.04 Å². The van der Waals surface area contributed by atoms with Crippen LogP contribution in [-0.2, 0) is 0 Å². The predicted octanol–water partition coefficient (Wildman–Crippen LogP) is 5.10. The summed E-state index contributed by atoms with van der Waals surface area (Å²) in [5.74, 6) is 0. The molecule has 0 bridgehead atoms. The van der Waals surface area contributed by atoms with E-state index in [2.05, 4.69) is 60.9 Å². The number of nitrogens with two attached hydrogens (primary N) is 2. The van der Waals surface area contributed by atoms with Gasteiger partial charge in [0.25, 0.3) is 0 Å². The van der Waals surface area contributed by atoms with Crippen LogP contribution < -0.4 is 22.1 Å². The maximum atomic E-state index is 5.37. The smallest absolute Gasteiger partial charge is 0.0385 e. The second-order valence-electron chi connectivity index (χ2n) is 6.03. The first-order valence-corrected chi connectivity index (χ1v) is 8.32. The van der Waals surface area contributed by atoms with Crippen molar-refractivity contribution in [1.82, 2.24) is 0 Å². The quantitative estimate of drug-likeness (QED) is 0.501. The molecule has 25 heavy (non-hydrogen) atoms. The highest BCUT2D eigenvalue weighted by molar-refractivity contribution is 5.62. The molecule has 0 atom stereocenters. The van der Waals surface area contributed by atoms with E-state index in [0.717, 1.165) is 28.4 Å². The van der Waals surface area contributed by atoms with Crippen LogP contribution in [0.15, 0.2) is 78.9 Å². The zero-order valence-electron chi connectivity index (χ0n) is 14.7. The van der Waals surface area contributed by atoms with Crippen LogP contribution in [0, 0.1) is 0 Å². The number of nitrogen functional groups attached to an aromatic ring is 2. The molecule has 0 heterocycles. The molecule has 0 fully saturated rings. The second kappa shape index (κ2) is 9.23. The van der Waals surface area contributed by atoms with E-state index in [1.165, 1.54) is 0 Å².